The third kappa shape index (κ3) is 2.49. The molecule has 1 aliphatic heterocycles. The van der Waals surface area contributed by atoms with Gasteiger partial charge in [0, 0.05) is 31.8 Å². The Bertz CT molecular complexity index is 407. The summed E-state index contributed by atoms with van der Waals surface area (Å²) in [6.07, 6.45) is 0. The smallest absolute Gasteiger partial charge is 0.0589 e. The van der Waals surface area contributed by atoms with Crippen LogP contribution in [-0.4, -0.2) is 39.0 Å². The van der Waals surface area contributed by atoms with Gasteiger partial charge >= 0.3 is 0 Å². The van der Waals surface area contributed by atoms with Crippen molar-refractivity contribution < 1.29 is 9.84 Å². The van der Waals surface area contributed by atoms with Crippen LogP contribution in [0.15, 0.2) is 24.3 Å². The number of benzene rings is 1. The van der Waals surface area contributed by atoms with Crippen LogP contribution in [0.1, 0.15) is 19.4 Å². The van der Waals surface area contributed by atoms with Gasteiger partial charge in [-0.3, -0.25) is 0 Å². The molecule has 3 heteroatoms. The highest BCUT2D eigenvalue weighted by Gasteiger charge is 2.47. The Labute approximate surface area is 116 Å². The Kier molecular flexibility index (Phi) is 4.16. The summed E-state index contributed by atoms with van der Waals surface area (Å²) in [6.45, 7) is 6.01. The van der Waals surface area contributed by atoms with Gasteiger partial charge in [0.05, 0.1) is 13.2 Å². The Balaban J connectivity index is 2.30. The van der Waals surface area contributed by atoms with Gasteiger partial charge in [0.15, 0.2) is 0 Å². The van der Waals surface area contributed by atoms with Crippen molar-refractivity contribution >= 4 is 5.69 Å². The first-order chi connectivity index (χ1) is 9.01. The van der Waals surface area contributed by atoms with Crippen LogP contribution in [0, 0.1) is 11.8 Å². The van der Waals surface area contributed by atoms with Crippen molar-refractivity contribution in [3.05, 3.63) is 29.8 Å². The van der Waals surface area contributed by atoms with Gasteiger partial charge in [-0.1, -0.05) is 26.0 Å². The summed E-state index contributed by atoms with van der Waals surface area (Å²) in [5, 5.41) is 9.74. The lowest BCUT2D eigenvalue weighted by Crippen LogP contribution is -2.55. The monoisotopic (exact) mass is 263 g/mol. The summed E-state index contributed by atoms with van der Waals surface area (Å²) in [7, 11) is 4.09. The number of ether oxygens (including phenoxy) is 1. The lowest BCUT2D eigenvalue weighted by atomic mass is 9.65. The average Bonchev–Trinajstić information content (AvgIpc) is 2.33. The second kappa shape index (κ2) is 5.51. The molecule has 1 aliphatic rings. The van der Waals surface area contributed by atoms with Crippen molar-refractivity contribution in [2.45, 2.75) is 19.3 Å². The number of aliphatic hydroxyl groups is 1. The van der Waals surface area contributed by atoms with Crippen LogP contribution in [-0.2, 0) is 10.2 Å². The van der Waals surface area contributed by atoms with E-state index in [1.54, 1.807) is 0 Å². The topological polar surface area (TPSA) is 32.7 Å². The van der Waals surface area contributed by atoms with E-state index in [0.717, 1.165) is 13.2 Å². The number of aliphatic hydroxyl groups excluding tert-OH is 1. The van der Waals surface area contributed by atoms with Crippen LogP contribution in [0.4, 0.5) is 5.69 Å². The molecule has 1 unspecified atom stereocenters. The maximum absolute atomic E-state index is 9.74. The molecule has 3 nitrogen and oxygen atoms in total. The highest BCUT2D eigenvalue weighted by molar-refractivity contribution is 5.48. The zero-order chi connectivity index (χ0) is 14.0. The maximum atomic E-state index is 9.74. The molecule has 0 amide bonds. The fourth-order valence-electron chi connectivity index (χ4n) is 3.03. The third-order valence-corrected chi connectivity index (χ3v) is 4.39. The fraction of sp³-hybridized carbons (Fsp3) is 0.625. The summed E-state index contributed by atoms with van der Waals surface area (Å²) in [6, 6.07) is 8.65. The van der Waals surface area contributed by atoms with Crippen LogP contribution in [0.25, 0.3) is 0 Å². The van der Waals surface area contributed by atoms with Gasteiger partial charge in [-0.15, -0.1) is 0 Å². The van der Waals surface area contributed by atoms with Crippen molar-refractivity contribution in [3.63, 3.8) is 0 Å². The summed E-state index contributed by atoms with van der Waals surface area (Å²) < 4.78 is 5.48. The molecule has 1 aromatic carbocycles. The zero-order valence-corrected chi connectivity index (χ0v) is 12.4. The van der Waals surface area contributed by atoms with Crippen LogP contribution >= 0.6 is 0 Å². The van der Waals surface area contributed by atoms with Gasteiger partial charge in [-0.05, 0) is 29.5 Å². The van der Waals surface area contributed by atoms with E-state index in [0.29, 0.717) is 5.92 Å². The van der Waals surface area contributed by atoms with E-state index >= 15 is 0 Å². The molecule has 0 aliphatic carbocycles. The molecule has 1 atom stereocenters. The van der Waals surface area contributed by atoms with Gasteiger partial charge < -0.3 is 14.7 Å². The number of nitrogens with zero attached hydrogens (tertiary/aromatic N) is 1. The molecular formula is C16H25NO2. The van der Waals surface area contributed by atoms with E-state index in [-0.39, 0.29) is 17.9 Å². The standard InChI is InChI=1S/C16H25NO2/c1-12(2)15(9-18)16(10-19-11-16)13-5-7-14(8-6-13)17(3)4/h5-8,12,15,18H,9-11H2,1-4H3. The van der Waals surface area contributed by atoms with Crippen LogP contribution in [0.3, 0.4) is 0 Å². The molecule has 1 fully saturated rings. The predicted octanol–water partition coefficient (Wildman–Crippen LogP) is 2.29. The molecule has 1 saturated heterocycles. The molecule has 1 heterocycles. The number of anilines is 1. The van der Waals surface area contributed by atoms with E-state index in [2.05, 4.69) is 43.0 Å². The van der Waals surface area contributed by atoms with Crippen molar-refractivity contribution in [2.75, 3.05) is 38.8 Å². The second-order valence-electron chi connectivity index (χ2n) is 6.12. The molecule has 0 aromatic heterocycles. The summed E-state index contributed by atoms with van der Waals surface area (Å²) >= 11 is 0. The molecule has 1 aromatic rings. The predicted molar refractivity (Wildman–Crippen MR) is 78.7 cm³/mol. The maximum Gasteiger partial charge on any atom is 0.0589 e. The number of hydrogen-bond acceptors (Lipinski definition) is 3. The Hall–Kier alpha value is -1.06. The Morgan fingerprint density at radius 3 is 2.11 bits per heavy atom. The largest absolute Gasteiger partial charge is 0.396 e. The number of hydrogen-bond donors (Lipinski definition) is 1. The molecule has 2 rings (SSSR count). The first kappa shape index (κ1) is 14.4. The molecule has 106 valence electrons. The minimum atomic E-state index is -0.00619. The lowest BCUT2D eigenvalue weighted by Gasteiger charge is -2.49. The summed E-state index contributed by atoms with van der Waals surface area (Å²) in [5.41, 5.74) is 2.48. The van der Waals surface area contributed by atoms with E-state index in [4.69, 9.17) is 4.74 Å². The fourth-order valence-corrected chi connectivity index (χ4v) is 3.03. The Morgan fingerprint density at radius 2 is 1.79 bits per heavy atom. The van der Waals surface area contributed by atoms with Crippen molar-refractivity contribution in [3.8, 4) is 0 Å². The van der Waals surface area contributed by atoms with E-state index in [1.807, 2.05) is 14.1 Å². The lowest BCUT2D eigenvalue weighted by molar-refractivity contribution is -0.111. The molecule has 0 bridgehead atoms. The van der Waals surface area contributed by atoms with Gasteiger partial charge in [0.2, 0.25) is 0 Å². The van der Waals surface area contributed by atoms with Crippen molar-refractivity contribution in [1.82, 2.24) is 0 Å². The molecular weight excluding hydrogens is 238 g/mol. The van der Waals surface area contributed by atoms with Gasteiger partial charge in [0.25, 0.3) is 0 Å². The quantitative estimate of drug-likeness (QED) is 0.884. The summed E-state index contributed by atoms with van der Waals surface area (Å²) in [5.74, 6) is 0.703. The highest BCUT2D eigenvalue weighted by atomic mass is 16.5. The third-order valence-electron chi connectivity index (χ3n) is 4.39. The molecule has 0 radical (unpaired) electrons. The van der Waals surface area contributed by atoms with Crippen LogP contribution in [0.2, 0.25) is 0 Å². The average molecular weight is 263 g/mol. The molecule has 19 heavy (non-hydrogen) atoms. The van der Waals surface area contributed by atoms with E-state index in [9.17, 15) is 5.11 Å². The highest BCUT2D eigenvalue weighted by Crippen LogP contribution is 2.43. The van der Waals surface area contributed by atoms with Crippen molar-refractivity contribution in [2.24, 2.45) is 11.8 Å². The minimum Gasteiger partial charge on any atom is -0.396 e. The van der Waals surface area contributed by atoms with Crippen LogP contribution in [0.5, 0.6) is 0 Å². The first-order valence-corrected chi connectivity index (χ1v) is 6.98. The number of rotatable bonds is 5. The first-order valence-electron chi connectivity index (χ1n) is 6.98. The van der Waals surface area contributed by atoms with Gasteiger partial charge in [0.1, 0.15) is 0 Å². The molecule has 0 saturated carbocycles. The Morgan fingerprint density at radius 1 is 1.21 bits per heavy atom. The zero-order valence-electron chi connectivity index (χ0n) is 12.4. The van der Waals surface area contributed by atoms with Gasteiger partial charge in [-0.2, -0.15) is 0 Å². The van der Waals surface area contributed by atoms with E-state index in [1.165, 1.54) is 11.3 Å². The molecule has 0 spiro atoms. The second-order valence-corrected chi connectivity index (χ2v) is 6.12. The van der Waals surface area contributed by atoms with Crippen molar-refractivity contribution in [1.29, 1.82) is 0 Å². The normalized spacial score (nSPS) is 19.1. The van der Waals surface area contributed by atoms with Gasteiger partial charge in [-0.25, -0.2) is 0 Å². The SMILES string of the molecule is CC(C)C(CO)C1(c2ccc(N(C)C)cc2)COC1. The minimum absolute atomic E-state index is 0.00619. The van der Waals surface area contributed by atoms with E-state index < -0.39 is 0 Å². The summed E-state index contributed by atoms with van der Waals surface area (Å²) in [4.78, 5) is 2.10. The molecule has 1 N–H and O–H groups in total. The van der Waals surface area contributed by atoms with Crippen LogP contribution < -0.4 is 4.90 Å².